The first-order valence-corrected chi connectivity index (χ1v) is 10.3. The van der Waals surface area contributed by atoms with Crippen molar-refractivity contribution in [2.45, 2.75) is 13.0 Å². The molecule has 1 atom stereocenters. The van der Waals surface area contributed by atoms with Gasteiger partial charge in [0.2, 0.25) is 0 Å². The molecule has 0 aliphatic heterocycles. The number of fused-ring (bicyclic) bond motifs is 1. The van der Waals surface area contributed by atoms with Crippen molar-refractivity contribution in [3.8, 4) is 11.3 Å². The number of hydrogen-bond acceptors (Lipinski definition) is 4. The van der Waals surface area contributed by atoms with Crippen LogP contribution in [0.15, 0.2) is 68.8 Å². The molecule has 2 heterocycles. The Morgan fingerprint density at radius 3 is 2.35 bits per heavy atom. The van der Waals surface area contributed by atoms with Crippen LogP contribution in [0.1, 0.15) is 18.5 Å². The summed E-state index contributed by atoms with van der Waals surface area (Å²) in [5.74, 6) is 0. The van der Waals surface area contributed by atoms with Gasteiger partial charge in [-0.15, -0.1) is 0 Å². The van der Waals surface area contributed by atoms with Gasteiger partial charge in [0.1, 0.15) is 0 Å². The Bertz CT molecular complexity index is 1450. The maximum Gasteiger partial charge on any atom is 0.330 e. The molecule has 2 aromatic carbocycles. The zero-order valence-electron chi connectivity index (χ0n) is 17.1. The Balaban J connectivity index is 2.17. The lowest BCUT2D eigenvalue weighted by Gasteiger charge is -2.19. The number of aryl methyl sites for hydroxylation is 1. The molecule has 0 amide bonds. The van der Waals surface area contributed by atoms with E-state index < -0.39 is 16.2 Å². The first-order valence-electron chi connectivity index (χ1n) is 9.52. The fraction of sp³-hybridized carbons (Fsp3) is 0.182. The van der Waals surface area contributed by atoms with Crippen LogP contribution >= 0.6 is 15.9 Å². The van der Waals surface area contributed by atoms with Crippen molar-refractivity contribution in [1.29, 1.82) is 0 Å². The molecule has 0 saturated heterocycles. The predicted molar refractivity (Wildman–Crippen MR) is 122 cm³/mol. The van der Waals surface area contributed by atoms with Gasteiger partial charge >= 0.3 is 5.69 Å². The third-order valence-corrected chi connectivity index (χ3v) is 6.27. The minimum atomic E-state index is -0.472. The highest BCUT2D eigenvalue weighted by atomic mass is 79.9. The smallest absolute Gasteiger partial charge is 0.330 e. The van der Waals surface area contributed by atoms with Crippen LogP contribution in [0.2, 0.25) is 0 Å². The second-order valence-corrected chi connectivity index (χ2v) is 8.21. The lowest BCUT2D eigenvalue weighted by Crippen LogP contribution is -2.36. The van der Waals surface area contributed by atoms with E-state index in [2.05, 4.69) is 15.9 Å². The van der Waals surface area contributed by atoms with Gasteiger partial charge in [-0.05, 0) is 18.6 Å². The van der Waals surface area contributed by atoms with Gasteiger partial charge in [-0.25, -0.2) is 4.79 Å². The summed E-state index contributed by atoms with van der Waals surface area (Å²) >= 11 is 3.49. The monoisotopic (exact) mass is 482 g/mol. The lowest BCUT2D eigenvalue weighted by molar-refractivity contribution is -0.384. The summed E-state index contributed by atoms with van der Waals surface area (Å²) in [4.78, 5) is 36.7. The molecule has 1 unspecified atom stereocenters. The molecule has 2 aromatic heterocycles. The van der Waals surface area contributed by atoms with Gasteiger partial charge < -0.3 is 4.57 Å². The molecule has 31 heavy (non-hydrogen) atoms. The number of nitro benzene ring substituents is 1. The number of hydrogen-bond donors (Lipinski definition) is 0. The second kappa shape index (κ2) is 7.66. The number of halogens is 1. The first kappa shape index (κ1) is 20.8. The Labute approximate surface area is 185 Å². The van der Waals surface area contributed by atoms with Crippen LogP contribution in [0.5, 0.6) is 0 Å². The molecule has 0 saturated carbocycles. The maximum absolute atomic E-state index is 13.2. The average Bonchev–Trinajstić information content (AvgIpc) is 3.17. The predicted octanol–water partition coefficient (Wildman–Crippen LogP) is 3.99. The lowest BCUT2D eigenvalue weighted by atomic mass is 10.1. The topological polar surface area (TPSA) is 92.1 Å². The molecular formula is C22H19BrN4O4. The van der Waals surface area contributed by atoms with Gasteiger partial charge in [0.05, 0.1) is 27.6 Å². The van der Waals surface area contributed by atoms with Crippen molar-refractivity contribution in [2.24, 2.45) is 14.1 Å². The minimum absolute atomic E-state index is 0.0897. The molecule has 0 radical (unpaired) electrons. The van der Waals surface area contributed by atoms with E-state index in [-0.39, 0.29) is 11.7 Å². The summed E-state index contributed by atoms with van der Waals surface area (Å²) in [5, 5.41) is 11.8. The van der Waals surface area contributed by atoms with E-state index in [4.69, 9.17) is 0 Å². The van der Waals surface area contributed by atoms with E-state index in [0.717, 1.165) is 10.1 Å². The largest absolute Gasteiger partial charge is 0.337 e. The van der Waals surface area contributed by atoms with Crippen molar-refractivity contribution >= 4 is 32.5 Å². The van der Waals surface area contributed by atoms with Crippen molar-refractivity contribution in [1.82, 2.24) is 13.7 Å². The molecule has 9 heteroatoms. The fourth-order valence-corrected chi connectivity index (χ4v) is 4.27. The van der Waals surface area contributed by atoms with E-state index >= 15 is 0 Å². The summed E-state index contributed by atoms with van der Waals surface area (Å²) in [7, 11) is 3.03. The Hall–Kier alpha value is -3.46. The molecule has 0 aliphatic rings. The number of non-ortho nitro benzene ring substituents is 1. The van der Waals surface area contributed by atoms with E-state index in [1.54, 1.807) is 19.3 Å². The zero-order valence-corrected chi connectivity index (χ0v) is 18.7. The van der Waals surface area contributed by atoms with Crippen LogP contribution < -0.4 is 11.2 Å². The number of nitro groups is 1. The summed E-state index contributed by atoms with van der Waals surface area (Å²) in [6.45, 7) is 1.98. The van der Waals surface area contributed by atoms with Gasteiger partial charge in [-0.2, -0.15) is 0 Å². The molecule has 0 N–H and O–H groups in total. The average molecular weight is 483 g/mol. The van der Waals surface area contributed by atoms with Gasteiger partial charge in [0.25, 0.3) is 11.2 Å². The molecule has 0 spiro atoms. The highest BCUT2D eigenvalue weighted by molar-refractivity contribution is 9.10. The number of rotatable bonds is 4. The third-order valence-electron chi connectivity index (χ3n) is 5.58. The van der Waals surface area contributed by atoms with Crippen LogP contribution in [0, 0.1) is 10.1 Å². The highest BCUT2D eigenvalue weighted by Crippen LogP contribution is 2.38. The number of benzene rings is 2. The molecule has 4 rings (SSSR count). The van der Waals surface area contributed by atoms with Crippen LogP contribution in [0.3, 0.4) is 0 Å². The number of aromatic nitrogens is 3. The standard InChI is InChI=1S/C22H19BrN4O4/c1-13(14-7-5-4-6-8-14)26-12-18-19(21(28)25(3)22(29)24(18)2)20(26)16-11-15(27(30)31)9-10-17(16)23/h4-13H,1-3H3. The minimum Gasteiger partial charge on any atom is -0.337 e. The summed E-state index contributed by atoms with van der Waals surface area (Å²) < 4.78 is 4.97. The third kappa shape index (κ3) is 3.31. The fourth-order valence-electron chi connectivity index (χ4n) is 3.84. The Kier molecular flexibility index (Phi) is 5.14. The van der Waals surface area contributed by atoms with E-state index in [9.17, 15) is 19.7 Å². The van der Waals surface area contributed by atoms with Crippen molar-refractivity contribution in [3.05, 3.63) is 95.7 Å². The highest BCUT2D eigenvalue weighted by Gasteiger charge is 2.25. The van der Waals surface area contributed by atoms with Crippen LogP contribution in [-0.4, -0.2) is 18.6 Å². The molecule has 8 nitrogen and oxygen atoms in total. The summed E-state index contributed by atoms with van der Waals surface area (Å²) in [6, 6.07) is 13.9. The molecular weight excluding hydrogens is 464 g/mol. The van der Waals surface area contributed by atoms with Crippen molar-refractivity contribution in [2.75, 3.05) is 0 Å². The van der Waals surface area contributed by atoms with Crippen molar-refractivity contribution < 1.29 is 4.92 Å². The van der Waals surface area contributed by atoms with Gasteiger partial charge in [0, 0.05) is 42.5 Å². The SMILES string of the molecule is CC(c1ccccc1)n1cc2c(c1-c1cc([N+](=O)[O-])ccc1Br)c(=O)n(C)c(=O)n2C. The molecule has 4 aromatic rings. The molecule has 158 valence electrons. The summed E-state index contributed by atoms with van der Waals surface area (Å²) in [5.41, 5.74) is 1.49. The van der Waals surface area contributed by atoms with Crippen LogP contribution in [-0.2, 0) is 14.1 Å². The normalized spacial score (nSPS) is 12.3. The first-order chi connectivity index (χ1) is 14.7. The van der Waals surface area contributed by atoms with Gasteiger partial charge in [-0.1, -0.05) is 46.3 Å². The maximum atomic E-state index is 13.2. The second-order valence-electron chi connectivity index (χ2n) is 7.36. The van der Waals surface area contributed by atoms with Gasteiger partial charge in [-0.3, -0.25) is 24.0 Å². The van der Waals surface area contributed by atoms with Crippen LogP contribution in [0.25, 0.3) is 22.2 Å². The zero-order chi connectivity index (χ0) is 22.4. The molecule has 0 aliphatic carbocycles. The quantitative estimate of drug-likeness (QED) is 0.324. The summed E-state index contributed by atoms with van der Waals surface area (Å²) in [6.07, 6.45) is 1.76. The number of nitrogens with zero attached hydrogens (tertiary/aromatic N) is 4. The van der Waals surface area contributed by atoms with E-state index in [0.29, 0.717) is 26.6 Å². The molecule has 0 bridgehead atoms. The van der Waals surface area contributed by atoms with Crippen LogP contribution in [0.4, 0.5) is 5.69 Å². The Morgan fingerprint density at radius 2 is 1.71 bits per heavy atom. The van der Waals surface area contributed by atoms with E-state index in [1.165, 1.54) is 23.7 Å². The molecule has 0 fully saturated rings. The van der Waals surface area contributed by atoms with Crippen molar-refractivity contribution in [3.63, 3.8) is 0 Å². The van der Waals surface area contributed by atoms with E-state index in [1.807, 2.05) is 41.8 Å². The van der Waals surface area contributed by atoms with Gasteiger partial charge in [0.15, 0.2) is 0 Å². The Morgan fingerprint density at radius 1 is 1.03 bits per heavy atom.